The summed E-state index contributed by atoms with van der Waals surface area (Å²) in [5.74, 6) is 0.358. The standard InChI is InChI=1S/C9H14N2O3/c1-13-6-3-7(12)8-9(14-2)11-5-4-10-8/h4-5,7,12H,3,6H2,1-2H3. The molecule has 5 heteroatoms. The Bertz CT molecular complexity index is 281. The summed E-state index contributed by atoms with van der Waals surface area (Å²) in [6.07, 6.45) is 2.82. The number of hydrogen-bond acceptors (Lipinski definition) is 5. The fourth-order valence-corrected chi connectivity index (χ4v) is 1.09. The Morgan fingerprint density at radius 3 is 2.71 bits per heavy atom. The third kappa shape index (κ3) is 2.65. The molecule has 14 heavy (non-hydrogen) atoms. The molecule has 78 valence electrons. The highest BCUT2D eigenvalue weighted by molar-refractivity contribution is 5.19. The molecule has 1 rings (SSSR count). The smallest absolute Gasteiger partial charge is 0.238 e. The monoisotopic (exact) mass is 198 g/mol. The van der Waals surface area contributed by atoms with Crippen molar-refractivity contribution >= 4 is 0 Å². The molecule has 1 aromatic heterocycles. The van der Waals surface area contributed by atoms with Gasteiger partial charge in [0.1, 0.15) is 11.8 Å². The highest BCUT2D eigenvalue weighted by Crippen LogP contribution is 2.21. The fourth-order valence-electron chi connectivity index (χ4n) is 1.09. The van der Waals surface area contributed by atoms with E-state index in [1.54, 1.807) is 7.11 Å². The van der Waals surface area contributed by atoms with Crippen molar-refractivity contribution in [3.63, 3.8) is 0 Å². The van der Waals surface area contributed by atoms with Gasteiger partial charge in [-0.1, -0.05) is 0 Å². The van der Waals surface area contributed by atoms with Gasteiger partial charge in [-0.3, -0.25) is 4.98 Å². The Hall–Kier alpha value is -1.20. The van der Waals surface area contributed by atoms with E-state index in [0.717, 1.165) is 0 Å². The van der Waals surface area contributed by atoms with Crippen LogP contribution in [0.4, 0.5) is 0 Å². The van der Waals surface area contributed by atoms with Crippen molar-refractivity contribution in [1.29, 1.82) is 0 Å². The van der Waals surface area contributed by atoms with E-state index >= 15 is 0 Å². The van der Waals surface area contributed by atoms with Crippen LogP contribution in [0.15, 0.2) is 12.4 Å². The van der Waals surface area contributed by atoms with E-state index in [1.807, 2.05) is 0 Å². The molecule has 1 heterocycles. The number of rotatable bonds is 5. The summed E-state index contributed by atoms with van der Waals surface area (Å²) >= 11 is 0. The summed E-state index contributed by atoms with van der Waals surface area (Å²) in [4.78, 5) is 7.95. The second kappa shape index (κ2) is 5.51. The molecule has 0 aromatic carbocycles. The first-order valence-electron chi connectivity index (χ1n) is 4.31. The lowest BCUT2D eigenvalue weighted by molar-refractivity contribution is 0.105. The van der Waals surface area contributed by atoms with Crippen molar-refractivity contribution in [2.45, 2.75) is 12.5 Å². The van der Waals surface area contributed by atoms with Gasteiger partial charge < -0.3 is 14.6 Å². The average Bonchev–Trinajstić information content (AvgIpc) is 2.25. The van der Waals surface area contributed by atoms with Gasteiger partial charge in [0.2, 0.25) is 5.88 Å². The number of hydrogen-bond donors (Lipinski definition) is 1. The maximum Gasteiger partial charge on any atom is 0.238 e. The van der Waals surface area contributed by atoms with Crippen LogP contribution in [0.5, 0.6) is 5.88 Å². The predicted octanol–water partition coefficient (Wildman–Crippen LogP) is 0.555. The highest BCUT2D eigenvalue weighted by Gasteiger charge is 2.14. The third-order valence-electron chi connectivity index (χ3n) is 1.80. The van der Waals surface area contributed by atoms with Gasteiger partial charge in [0.25, 0.3) is 0 Å². The Morgan fingerprint density at radius 2 is 2.07 bits per heavy atom. The SMILES string of the molecule is COCCC(O)c1nccnc1OC. The Kier molecular flexibility index (Phi) is 4.28. The first kappa shape index (κ1) is 10.9. The first-order valence-corrected chi connectivity index (χ1v) is 4.31. The summed E-state index contributed by atoms with van der Waals surface area (Å²) < 4.78 is 9.83. The molecule has 0 saturated heterocycles. The molecule has 5 nitrogen and oxygen atoms in total. The molecule has 0 amide bonds. The minimum atomic E-state index is -0.696. The van der Waals surface area contributed by atoms with Crippen molar-refractivity contribution in [2.75, 3.05) is 20.8 Å². The van der Waals surface area contributed by atoms with Gasteiger partial charge >= 0.3 is 0 Å². The lowest BCUT2D eigenvalue weighted by Gasteiger charge is -2.11. The van der Waals surface area contributed by atoms with Crippen molar-refractivity contribution in [2.24, 2.45) is 0 Å². The number of methoxy groups -OCH3 is 2. The molecule has 0 aliphatic heterocycles. The van der Waals surface area contributed by atoms with Crippen LogP contribution in [0.2, 0.25) is 0 Å². The summed E-state index contributed by atoms with van der Waals surface area (Å²) in [6, 6.07) is 0. The largest absolute Gasteiger partial charge is 0.480 e. The summed E-state index contributed by atoms with van der Waals surface area (Å²) in [5, 5.41) is 9.70. The van der Waals surface area contributed by atoms with Gasteiger partial charge in [0.15, 0.2) is 0 Å². The van der Waals surface area contributed by atoms with Gasteiger partial charge in [-0.25, -0.2) is 4.98 Å². The maximum atomic E-state index is 9.70. The van der Waals surface area contributed by atoms with Crippen molar-refractivity contribution in [3.05, 3.63) is 18.1 Å². The second-order valence-corrected chi connectivity index (χ2v) is 2.75. The number of nitrogens with zero attached hydrogens (tertiary/aromatic N) is 2. The van der Waals surface area contributed by atoms with Crippen LogP contribution in [0.3, 0.4) is 0 Å². The Morgan fingerprint density at radius 1 is 1.36 bits per heavy atom. The molecule has 0 radical (unpaired) electrons. The number of aromatic nitrogens is 2. The molecular weight excluding hydrogens is 184 g/mol. The highest BCUT2D eigenvalue weighted by atomic mass is 16.5. The van der Waals surface area contributed by atoms with Gasteiger partial charge in [0, 0.05) is 32.5 Å². The molecular formula is C9H14N2O3. The summed E-state index contributed by atoms with van der Waals surface area (Å²) in [7, 11) is 3.08. The number of aliphatic hydroxyl groups is 1. The second-order valence-electron chi connectivity index (χ2n) is 2.75. The van der Waals surface area contributed by atoms with Crippen LogP contribution in [-0.4, -0.2) is 35.9 Å². The van der Waals surface area contributed by atoms with Crippen molar-refractivity contribution < 1.29 is 14.6 Å². The fraction of sp³-hybridized carbons (Fsp3) is 0.556. The van der Waals surface area contributed by atoms with E-state index in [9.17, 15) is 5.11 Å². The first-order chi connectivity index (χ1) is 6.79. The Balaban J connectivity index is 2.72. The normalized spacial score (nSPS) is 12.5. The average molecular weight is 198 g/mol. The molecule has 1 aromatic rings. The third-order valence-corrected chi connectivity index (χ3v) is 1.80. The predicted molar refractivity (Wildman–Crippen MR) is 50.0 cm³/mol. The minimum Gasteiger partial charge on any atom is -0.480 e. The zero-order valence-electron chi connectivity index (χ0n) is 8.30. The molecule has 0 aliphatic carbocycles. The van der Waals surface area contributed by atoms with E-state index in [2.05, 4.69) is 9.97 Å². The number of aliphatic hydroxyl groups excluding tert-OH is 1. The van der Waals surface area contributed by atoms with Crippen molar-refractivity contribution in [1.82, 2.24) is 9.97 Å². The molecule has 0 saturated carbocycles. The van der Waals surface area contributed by atoms with Crippen LogP contribution in [-0.2, 0) is 4.74 Å². The zero-order valence-corrected chi connectivity index (χ0v) is 8.30. The lowest BCUT2D eigenvalue weighted by atomic mass is 10.2. The van der Waals surface area contributed by atoms with E-state index in [-0.39, 0.29) is 0 Å². The maximum absolute atomic E-state index is 9.70. The minimum absolute atomic E-state index is 0.358. The lowest BCUT2D eigenvalue weighted by Crippen LogP contribution is -2.07. The summed E-state index contributed by atoms with van der Waals surface area (Å²) in [5.41, 5.74) is 0.451. The Labute approximate surface area is 82.7 Å². The van der Waals surface area contributed by atoms with Gasteiger partial charge in [-0.2, -0.15) is 0 Å². The topological polar surface area (TPSA) is 64.5 Å². The molecule has 1 unspecified atom stereocenters. The van der Waals surface area contributed by atoms with E-state index < -0.39 is 6.10 Å². The molecule has 1 atom stereocenters. The quantitative estimate of drug-likeness (QED) is 0.748. The van der Waals surface area contributed by atoms with Crippen LogP contribution in [0.25, 0.3) is 0 Å². The summed E-state index contributed by atoms with van der Waals surface area (Å²) in [6.45, 7) is 0.473. The van der Waals surface area contributed by atoms with E-state index in [1.165, 1.54) is 19.5 Å². The molecule has 1 N–H and O–H groups in total. The van der Waals surface area contributed by atoms with Crippen LogP contribution < -0.4 is 4.74 Å². The van der Waals surface area contributed by atoms with E-state index in [4.69, 9.17) is 9.47 Å². The van der Waals surface area contributed by atoms with Crippen LogP contribution in [0.1, 0.15) is 18.2 Å². The van der Waals surface area contributed by atoms with Crippen LogP contribution in [0, 0.1) is 0 Å². The zero-order chi connectivity index (χ0) is 10.4. The van der Waals surface area contributed by atoms with Gasteiger partial charge in [-0.05, 0) is 0 Å². The number of ether oxygens (including phenoxy) is 2. The van der Waals surface area contributed by atoms with Crippen LogP contribution >= 0.6 is 0 Å². The molecule has 0 spiro atoms. The molecule has 0 aliphatic rings. The molecule has 0 bridgehead atoms. The van der Waals surface area contributed by atoms with Gasteiger partial charge in [0.05, 0.1) is 7.11 Å². The van der Waals surface area contributed by atoms with E-state index in [0.29, 0.717) is 24.6 Å². The van der Waals surface area contributed by atoms with Gasteiger partial charge in [-0.15, -0.1) is 0 Å². The molecule has 0 fully saturated rings. The van der Waals surface area contributed by atoms with Crippen molar-refractivity contribution in [3.8, 4) is 5.88 Å².